The zero-order valence-electron chi connectivity index (χ0n) is 15.8. The lowest BCUT2D eigenvalue weighted by Crippen LogP contribution is -2.14. The molecule has 0 aliphatic heterocycles. The second kappa shape index (κ2) is 9.24. The van der Waals surface area contributed by atoms with E-state index in [0.717, 1.165) is 11.1 Å². The SMILES string of the molecule is COc1cc(/C=C(\C#N)C(=O)Nc2cc(C)ccc2C)ccc1OCC(=O)O. The number of aryl methyl sites for hydroxylation is 2. The third-order valence-electron chi connectivity index (χ3n) is 3.86. The Morgan fingerprint density at radius 1 is 1.18 bits per heavy atom. The molecule has 0 aromatic heterocycles. The van der Waals surface area contributed by atoms with Crippen LogP contribution in [0.3, 0.4) is 0 Å². The highest BCUT2D eigenvalue weighted by atomic mass is 16.5. The lowest BCUT2D eigenvalue weighted by atomic mass is 10.1. The van der Waals surface area contributed by atoms with Crippen molar-refractivity contribution in [2.75, 3.05) is 19.0 Å². The van der Waals surface area contributed by atoms with E-state index in [0.29, 0.717) is 17.0 Å². The number of rotatable bonds is 7. The van der Waals surface area contributed by atoms with Crippen LogP contribution in [0.5, 0.6) is 11.5 Å². The fraction of sp³-hybridized carbons (Fsp3) is 0.190. The highest BCUT2D eigenvalue weighted by Gasteiger charge is 2.13. The largest absolute Gasteiger partial charge is 0.493 e. The fourth-order valence-corrected chi connectivity index (χ4v) is 2.41. The minimum Gasteiger partial charge on any atom is -0.493 e. The van der Waals surface area contributed by atoms with Crippen molar-refractivity contribution in [1.82, 2.24) is 0 Å². The van der Waals surface area contributed by atoms with Crippen LogP contribution >= 0.6 is 0 Å². The van der Waals surface area contributed by atoms with Gasteiger partial charge in [0.05, 0.1) is 7.11 Å². The van der Waals surface area contributed by atoms with Crippen LogP contribution in [0.2, 0.25) is 0 Å². The van der Waals surface area contributed by atoms with Gasteiger partial charge >= 0.3 is 5.97 Å². The molecule has 2 N–H and O–H groups in total. The molecule has 0 bridgehead atoms. The molecule has 144 valence electrons. The first-order chi connectivity index (χ1) is 13.3. The zero-order chi connectivity index (χ0) is 20.7. The summed E-state index contributed by atoms with van der Waals surface area (Å²) < 4.78 is 10.3. The molecule has 2 rings (SSSR count). The summed E-state index contributed by atoms with van der Waals surface area (Å²) in [6.45, 7) is 3.27. The van der Waals surface area contributed by atoms with Gasteiger partial charge in [-0.2, -0.15) is 5.26 Å². The number of methoxy groups -OCH3 is 1. The molecule has 0 spiro atoms. The number of carboxylic acids is 1. The number of aliphatic carboxylic acids is 1. The van der Waals surface area contributed by atoms with E-state index in [4.69, 9.17) is 14.6 Å². The first-order valence-corrected chi connectivity index (χ1v) is 8.37. The highest BCUT2D eigenvalue weighted by Crippen LogP contribution is 2.29. The Bertz CT molecular complexity index is 973. The maximum absolute atomic E-state index is 12.5. The van der Waals surface area contributed by atoms with Crippen LogP contribution in [0.1, 0.15) is 16.7 Å². The predicted molar refractivity (Wildman–Crippen MR) is 104 cm³/mol. The molecule has 0 radical (unpaired) electrons. The molecular formula is C21H20N2O5. The van der Waals surface area contributed by atoms with Gasteiger partial charge in [-0.15, -0.1) is 0 Å². The van der Waals surface area contributed by atoms with Crippen LogP contribution in [-0.4, -0.2) is 30.7 Å². The Balaban J connectivity index is 2.25. The molecule has 2 aromatic carbocycles. The lowest BCUT2D eigenvalue weighted by molar-refractivity contribution is -0.139. The van der Waals surface area contributed by atoms with Crippen molar-refractivity contribution in [3.05, 3.63) is 58.7 Å². The Morgan fingerprint density at radius 2 is 1.93 bits per heavy atom. The average Bonchev–Trinajstić information content (AvgIpc) is 2.67. The van der Waals surface area contributed by atoms with E-state index < -0.39 is 18.5 Å². The van der Waals surface area contributed by atoms with E-state index in [9.17, 15) is 14.9 Å². The number of carboxylic acid groups (broad SMARTS) is 1. The summed E-state index contributed by atoms with van der Waals surface area (Å²) in [6.07, 6.45) is 1.42. The topological polar surface area (TPSA) is 109 Å². The van der Waals surface area contributed by atoms with E-state index >= 15 is 0 Å². The maximum Gasteiger partial charge on any atom is 0.341 e. The van der Waals surface area contributed by atoms with Crippen molar-refractivity contribution < 1.29 is 24.2 Å². The number of hydrogen-bond donors (Lipinski definition) is 2. The number of amides is 1. The molecule has 0 fully saturated rings. The average molecular weight is 380 g/mol. The second-order valence-electron chi connectivity index (χ2n) is 6.04. The van der Waals surface area contributed by atoms with Gasteiger partial charge in [-0.1, -0.05) is 18.2 Å². The second-order valence-corrected chi connectivity index (χ2v) is 6.04. The predicted octanol–water partition coefficient (Wildman–Crippen LogP) is 3.32. The van der Waals surface area contributed by atoms with E-state index in [2.05, 4.69) is 5.32 Å². The van der Waals surface area contributed by atoms with Gasteiger partial charge in [0.25, 0.3) is 5.91 Å². The minimum atomic E-state index is -1.11. The van der Waals surface area contributed by atoms with Crippen LogP contribution in [0, 0.1) is 25.2 Å². The molecular weight excluding hydrogens is 360 g/mol. The summed E-state index contributed by atoms with van der Waals surface area (Å²) in [6, 6.07) is 12.2. The summed E-state index contributed by atoms with van der Waals surface area (Å²) in [7, 11) is 1.41. The quantitative estimate of drug-likeness (QED) is 0.563. The summed E-state index contributed by atoms with van der Waals surface area (Å²) in [4.78, 5) is 23.1. The van der Waals surface area contributed by atoms with Gasteiger partial charge in [0.1, 0.15) is 11.6 Å². The van der Waals surface area contributed by atoms with Gasteiger partial charge in [0.15, 0.2) is 18.1 Å². The summed E-state index contributed by atoms with van der Waals surface area (Å²) in [5.74, 6) is -1.09. The van der Waals surface area contributed by atoms with Gasteiger partial charge in [-0.05, 0) is 54.8 Å². The van der Waals surface area contributed by atoms with E-state index in [1.165, 1.54) is 19.3 Å². The zero-order valence-corrected chi connectivity index (χ0v) is 15.8. The Kier molecular flexibility index (Phi) is 6.77. The van der Waals surface area contributed by atoms with Crippen LogP contribution < -0.4 is 14.8 Å². The third-order valence-corrected chi connectivity index (χ3v) is 3.86. The van der Waals surface area contributed by atoms with Crippen LogP contribution in [0.15, 0.2) is 42.0 Å². The maximum atomic E-state index is 12.5. The number of nitriles is 1. The molecule has 1 amide bonds. The monoisotopic (exact) mass is 380 g/mol. The van der Waals surface area contributed by atoms with Crippen molar-refractivity contribution >= 4 is 23.6 Å². The molecule has 7 heteroatoms. The van der Waals surface area contributed by atoms with Crippen molar-refractivity contribution in [1.29, 1.82) is 5.26 Å². The van der Waals surface area contributed by atoms with Crippen molar-refractivity contribution in [3.63, 3.8) is 0 Å². The number of nitrogens with zero attached hydrogens (tertiary/aromatic N) is 1. The van der Waals surface area contributed by atoms with Gasteiger partial charge in [-0.25, -0.2) is 4.79 Å². The molecule has 0 atom stereocenters. The van der Waals surface area contributed by atoms with E-state index in [-0.39, 0.29) is 11.3 Å². The Morgan fingerprint density at radius 3 is 2.57 bits per heavy atom. The van der Waals surface area contributed by atoms with Crippen LogP contribution in [0.25, 0.3) is 6.08 Å². The first-order valence-electron chi connectivity index (χ1n) is 8.37. The highest BCUT2D eigenvalue weighted by molar-refractivity contribution is 6.10. The molecule has 0 saturated carbocycles. The molecule has 0 aliphatic rings. The number of ether oxygens (including phenoxy) is 2. The van der Waals surface area contributed by atoms with Crippen molar-refractivity contribution in [2.45, 2.75) is 13.8 Å². The van der Waals surface area contributed by atoms with Crippen LogP contribution in [0.4, 0.5) is 5.69 Å². The molecule has 28 heavy (non-hydrogen) atoms. The lowest BCUT2D eigenvalue weighted by Gasteiger charge is -2.10. The Labute approximate surface area is 162 Å². The van der Waals surface area contributed by atoms with Gasteiger partial charge < -0.3 is 19.9 Å². The summed E-state index contributed by atoms with van der Waals surface area (Å²) in [5, 5.41) is 20.8. The fourth-order valence-electron chi connectivity index (χ4n) is 2.41. The normalized spacial score (nSPS) is 10.7. The number of anilines is 1. The first kappa shape index (κ1) is 20.5. The Hall–Kier alpha value is -3.79. The van der Waals surface area contributed by atoms with Gasteiger partial charge in [0, 0.05) is 5.69 Å². The number of carbonyl (C=O) groups is 2. The minimum absolute atomic E-state index is 0.0813. The standard InChI is InChI=1S/C21H20N2O5/c1-13-4-5-14(2)17(8-13)23-21(26)16(11-22)9-15-6-7-18(19(10-15)27-3)28-12-20(24)25/h4-10H,12H2,1-3H3,(H,23,26)(H,24,25)/b16-9+. The van der Waals surface area contributed by atoms with E-state index in [1.54, 1.807) is 12.1 Å². The summed E-state index contributed by atoms with van der Waals surface area (Å²) in [5.41, 5.74) is 2.97. The molecule has 0 unspecified atom stereocenters. The number of hydrogen-bond acceptors (Lipinski definition) is 5. The number of benzene rings is 2. The van der Waals surface area contributed by atoms with Crippen LogP contribution in [-0.2, 0) is 9.59 Å². The van der Waals surface area contributed by atoms with E-state index in [1.807, 2.05) is 38.1 Å². The molecule has 0 saturated heterocycles. The third kappa shape index (κ3) is 5.35. The molecule has 2 aromatic rings. The smallest absolute Gasteiger partial charge is 0.341 e. The number of carbonyl (C=O) groups excluding carboxylic acids is 1. The van der Waals surface area contributed by atoms with Crippen molar-refractivity contribution in [3.8, 4) is 17.6 Å². The van der Waals surface area contributed by atoms with Crippen molar-refractivity contribution in [2.24, 2.45) is 0 Å². The summed E-state index contributed by atoms with van der Waals surface area (Å²) >= 11 is 0. The molecule has 0 heterocycles. The number of nitrogens with one attached hydrogen (secondary N) is 1. The molecule has 0 aliphatic carbocycles. The van der Waals surface area contributed by atoms with Gasteiger partial charge in [-0.3, -0.25) is 4.79 Å². The molecule has 7 nitrogen and oxygen atoms in total. The van der Waals surface area contributed by atoms with Gasteiger partial charge in [0.2, 0.25) is 0 Å².